The Morgan fingerprint density at radius 1 is 0.731 bits per heavy atom. The number of nitro groups is 1. The lowest BCUT2D eigenvalue weighted by Gasteiger charge is -2.09. The van der Waals surface area contributed by atoms with Crippen LogP contribution in [0.15, 0.2) is 88.7 Å². The van der Waals surface area contributed by atoms with Crippen molar-refractivity contribution < 1.29 is 13.3 Å². The highest BCUT2D eigenvalue weighted by Crippen LogP contribution is 2.36. The molecule has 0 unspecified atom stereocenters. The quantitative estimate of drug-likeness (QED) is 0.299. The van der Waals surface area contributed by atoms with Gasteiger partial charge in [-0.3, -0.25) is 10.1 Å². The van der Waals surface area contributed by atoms with Gasteiger partial charge in [-0.05, 0) is 39.7 Å². The van der Waals surface area contributed by atoms with Crippen molar-refractivity contribution >= 4 is 37.1 Å². The Hall–Kier alpha value is -3.25. The van der Waals surface area contributed by atoms with E-state index in [1.807, 2.05) is 30.3 Å². The van der Waals surface area contributed by atoms with E-state index in [4.69, 9.17) is 0 Å². The van der Waals surface area contributed by atoms with Crippen LogP contribution in [0.25, 0.3) is 21.5 Å². The van der Waals surface area contributed by atoms with Crippen LogP contribution in [0.1, 0.15) is 0 Å². The summed E-state index contributed by atoms with van der Waals surface area (Å²) in [6.45, 7) is 0. The van der Waals surface area contributed by atoms with Crippen LogP contribution in [0.3, 0.4) is 0 Å². The van der Waals surface area contributed by atoms with E-state index in [1.165, 1.54) is 24.3 Å². The first-order valence-corrected chi connectivity index (χ1v) is 9.37. The van der Waals surface area contributed by atoms with Crippen molar-refractivity contribution in [3.05, 3.63) is 89.0 Å². The first-order chi connectivity index (χ1) is 12.5. The molecule has 4 rings (SSSR count). The third-order valence-corrected chi connectivity index (χ3v) is 6.16. The number of hydrogen-bond acceptors (Lipinski definition) is 4. The number of benzene rings is 4. The summed E-state index contributed by atoms with van der Waals surface area (Å²) in [5, 5.41) is 14.6. The molecule has 128 valence electrons. The Kier molecular flexibility index (Phi) is 3.70. The first kappa shape index (κ1) is 16.2. The number of sulfone groups is 1. The normalized spacial score (nSPS) is 11.7. The maximum Gasteiger partial charge on any atom is 0.288 e. The number of nitrogens with zero attached hydrogens (tertiary/aromatic N) is 1. The monoisotopic (exact) mass is 363 g/mol. The molecule has 0 saturated carbocycles. The Morgan fingerprint density at radius 2 is 1.38 bits per heavy atom. The Labute approximate surface area is 149 Å². The predicted octanol–water partition coefficient (Wildman–Crippen LogP) is 4.73. The molecule has 0 aliphatic heterocycles. The first-order valence-electron chi connectivity index (χ1n) is 7.88. The van der Waals surface area contributed by atoms with E-state index in [-0.39, 0.29) is 9.79 Å². The van der Waals surface area contributed by atoms with Crippen molar-refractivity contribution in [2.45, 2.75) is 9.79 Å². The highest BCUT2D eigenvalue weighted by Gasteiger charge is 2.28. The highest BCUT2D eigenvalue weighted by atomic mass is 32.2. The van der Waals surface area contributed by atoms with Crippen LogP contribution in [-0.4, -0.2) is 13.3 Å². The van der Waals surface area contributed by atoms with E-state index in [0.717, 1.165) is 10.8 Å². The van der Waals surface area contributed by atoms with Gasteiger partial charge in [0.2, 0.25) is 9.84 Å². The summed E-state index contributed by atoms with van der Waals surface area (Å²) >= 11 is 0. The molecule has 0 aromatic heterocycles. The molecule has 4 aromatic rings. The summed E-state index contributed by atoms with van der Waals surface area (Å²) in [6.07, 6.45) is 0. The van der Waals surface area contributed by atoms with Crippen LogP contribution in [-0.2, 0) is 9.84 Å². The van der Waals surface area contributed by atoms with Gasteiger partial charge in [0.1, 0.15) is 4.90 Å². The van der Waals surface area contributed by atoms with Crippen molar-refractivity contribution in [2.75, 3.05) is 0 Å². The highest BCUT2D eigenvalue weighted by molar-refractivity contribution is 7.91. The van der Waals surface area contributed by atoms with Crippen molar-refractivity contribution in [1.82, 2.24) is 0 Å². The molecule has 0 fully saturated rings. The molecule has 0 radical (unpaired) electrons. The standard InChI is InChI=1S/C20H13NO4S/c22-21(23)19-12-15-11-10-14-6-4-5-9-17(14)18(15)13-20(19)26(24,25)16-7-2-1-3-8-16/h1-13H. The zero-order valence-electron chi connectivity index (χ0n) is 13.5. The maximum absolute atomic E-state index is 13.0. The fraction of sp³-hybridized carbons (Fsp3) is 0. The second-order valence-corrected chi connectivity index (χ2v) is 7.82. The summed E-state index contributed by atoms with van der Waals surface area (Å²) in [7, 11) is -4.02. The predicted molar refractivity (Wildman–Crippen MR) is 100 cm³/mol. The number of fused-ring (bicyclic) bond motifs is 3. The summed E-state index contributed by atoms with van der Waals surface area (Å²) in [5.74, 6) is 0. The van der Waals surface area contributed by atoms with Crippen molar-refractivity contribution in [2.24, 2.45) is 0 Å². The lowest BCUT2D eigenvalue weighted by molar-refractivity contribution is -0.387. The van der Waals surface area contributed by atoms with Gasteiger partial charge in [0.15, 0.2) is 0 Å². The third kappa shape index (κ3) is 2.51. The molecular weight excluding hydrogens is 350 g/mol. The Bertz CT molecular complexity index is 1270. The lowest BCUT2D eigenvalue weighted by atomic mass is 10.0. The summed E-state index contributed by atoms with van der Waals surface area (Å²) in [4.78, 5) is 10.6. The zero-order chi connectivity index (χ0) is 18.3. The van der Waals surface area contributed by atoms with Crippen LogP contribution in [0, 0.1) is 10.1 Å². The Balaban J connectivity index is 2.12. The molecule has 0 N–H and O–H groups in total. The molecular formula is C20H13NO4S. The fourth-order valence-electron chi connectivity index (χ4n) is 3.11. The number of hydrogen-bond donors (Lipinski definition) is 0. The zero-order valence-corrected chi connectivity index (χ0v) is 14.3. The summed E-state index contributed by atoms with van der Waals surface area (Å²) in [6, 6.07) is 21.7. The molecule has 26 heavy (non-hydrogen) atoms. The average Bonchev–Trinajstić information content (AvgIpc) is 2.67. The van der Waals surface area contributed by atoms with Crippen molar-refractivity contribution in [1.29, 1.82) is 0 Å². The molecule has 0 amide bonds. The van der Waals surface area contributed by atoms with Crippen LogP contribution in [0.4, 0.5) is 5.69 Å². The Morgan fingerprint density at radius 3 is 2.12 bits per heavy atom. The van der Waals surface area contributed by atoms with Gasteiger partial charge in [0.25, 0.3) is 5.69 Å². The average molecular weight is 363 g/mol. The van der Waals surface area contributed by atoms with Gasteiger partial charge >= 0.3 is 0 Å². The second-order valence-electron chi connectivity index (χ2n) is 5.90. The molecule has 0 aliphatic carbocycles. The molecule has 0 saturated heterocycles. The second kappa shape index (κ2) is 5.93. The smallest absolute Gasteiger partial charge is 0.258 e. The van der Waals surface area contributed by atoms with Gasteiger partial charge in [0, 0.05) is 6.07 Å². The van der Waals surface area contributed by atoms with Gasteiger partial charge in [-0.2, -0.15) is 0 Å². The summed E-state index contributed by atoms with van der Waals surface area (Å²) in [5.41, 5.74) is -0.420. The van der Waals surface area contributed by atoms with E-state index < -0.39 is 20.4 Å². The van der Waals surface area contributed by atoms with Gasteiger partial charge in [0.05, 0.1) is 9.82 Å². The van der Waals surface area contributed by atoms with Gasteiger partial charge in [-0.15, -0.1) is 0 Å². The molecule has 0 heterocycles. The van der Waals surface area contributed by atoms with E-state index in [1.54, 1.807) is 24.3 Å². The van der Waals surface area contributed by atoms with Crippen LogP contribution in [0.5, 0.6) is 0 Å². The van der Waals surface area contributed by atoms with Crippen molar-refractivity contribution in [3.8, 4) is 0 Å². The molecule has 0 aliphatic rings. The third-order valence-electron chi connectivity index (χ3n) is 4.36. The molecule has 5 nitrogen and oxygen atoms in total. The number of nitro benzene ring substituents is 1. The molecule has 0 atom stereocenters. The molecule has 0 bridgehead atoms. The van der Waals surface area contributed by atoms with Crippen LogP contribution >= 0.6 is 0 Å². The summed E-state index contributed by atoms with van der Waals surface area (Å²) < 4.78 is 26.1. The van der Waals surface area contributed by atoms with Gasteiger partial charge in [-0.25, -0.2) is 8.42 Å². The fourth-order valence-corrected chi connectivity index (χ4v) is 4.56. The maximum atomic E-state index is 13.0. The van der Waals surface area contributed by atoms with Gasteiger partial charge in [-0.1, -0.05) is 54.6 Å². The topological polar surface area (TPSA) is 77.3 Å². The van der Waals surface area contributed by atoms with Crippen molar-refractivity contribution in [3.63, 3.8) is 0 Å². The molecule has 0 spiro atoms. The molecule has 6 heteroatoms. The van der Waals surface area contributed by atoms with E-state index in [0.29, 0.717) is 10.8 Å². The van der Waals surface area contributed by atoms with E-state index in [2.05, 4.69) is 0 Å². The van der Waals surface area contributed by atoms with E-state index in [9.17, 15) is 18.5 Å². The largest absolute Gasteiger partial charge is 0.288 e. The van der Waals surface area contributed by atoms with Crippen LogP contribution in [0.2, 0.25) is 0 Å². The SMILES string of the molecule is O=[N+]([O-])c1cc2ccc3ccccc3c2cc1S(=O)(=O)c1ccccc1. The van der Waals surface area contributed by atoms with E-state index >= 15 is 0 Å². The van der Waals surface area contributed by atoms with Gasteiger partial charge < -0.3 is 0 Å². The van der Waals surface area contributed by atoms with Crippen LogP contribution < -0.4 is 0 Å². The minimum absolute atomic E-state index is 0.0303. The minimum atomic E-state index is -4.02. The molecule has 4 aromatic carbocycles. The minimum Gasteiger partial charge on any atom is -0.258 e. The lowest BCUT2D eigenvalue weighted by Crippen LogP contribution is -2.06. The number of rotatable bonds is 3.